The molecule has 0 aliphatic rings. The molecule has 0 spiro atoms. The summed E-state index contributed by atoms with van der Waals surface area (Å²) in [6.45, 7) is 2.36. The van der Waals surface area contributed by atoms with Crippen LogP contribution in [0.2, 0.25) is 0 Å². The third-order valence-corrected chi connectivity index (χ3v) is 3.38. The van der Waals surface area contributed by atoms with Crippen molar-refractivity contribution in [2.24, 2.45) is 0 Å². The van der Waals surface area contributed by atoms with Crippen LogP contribution in [0.25, 0.3) is 0 Å². The molecule has 2 rings (SSSR count). The van der Waals surface area contributed by atoms with Gasteiger partial charge in [0.2, 0.25) is 0 Å². The highest BCUT2D eigenvalue weighted by molar-refractivity contribution is 7.80. The van der Waals surface area contributed by atoms with Crippen LogP contribution in [0.3, 0.4) is 0 Å². The van der Waals surface area contributed by atoms with E-state index in [9.17, 15) is 4.21 Å². The molecule has 2 nitrogen and oxygen atoms in total. The molecular formula is C14H14O2S. The smallest absolute Gasteiger partial charge is 0.189 e. The van der Waals surface area contributed by atoms with Crippen molar-refractivity contribution in [1.29, 1.82) is 0 Å². The summed E-state index contributed by atoms with van der Waals surface area (Å²) in [5, 5.41) is 0. The number of benzene rings is 2. The summed E-state index contributed by atoms with van der Waals surface area (Å²) >= 11 is -1.39. The Hall–Kier alpha value is -1.45. The topological polar surface area (TPSA) is 26.3 Å². The minimum absolute atomic E-state index is 0.362. The molecule has 17 heavy (non-hydrogen) atoms. The molecule has 0 N–H and O–H groups in total. The Morgan fingerprint density at radius 2 is 1.65 bits per heavy atom. The molecule has 1 atom stereocenters. The SMILES string of the molecule is Cc1ccc([S@](=O)OCc2ccccc2)cc1. The van der Waals surface area contributed by atoms with Gasteiger partial charge in [-0.2, -0.15) is 0 Å². The third-order valence-electron chi connectivity index (χ3n) is 2.39. The van der Waals surface area contributed by atoms with E-state index < -0.39 is 11.1 Å². The van der Waals surface area contributed by atoms with E-state index in [1.165, 1.54) is 0 Å². The fraction of sp³-hybridized carbons (Fsp3) is 0.143. The predicted octanol–water partition coefficient (Wildman–Crippen LogP) is 3.23. The van der Waals surface area contributed by atoms with E-state index in [0.29, 0.717) is 11.5 Å². The average molecular weight is 246 g/mol. The molecule has 0 aromatic heterocycles. The first kappa shape index (κ1) is 12.0. The van der Waals surface area contributed by atoms with Crippen molar-refractivity contribution in [3.05, 3.63) is 65.7 Å². The van der Waals surface area contributed by atoms with Gasteiger partial charge in [-0.05, 0) is 24.6 Å². The normalized spacial score (nSPS) is 12.3. The van der Waals surface area contributed by atoms with E-state index in [2.05, 4.69) is 0 Å². The van der Waals surface area contributed by atoms with E-state index in [-0.39, 0.29) is 0 Å². The lowest BCUT2D eigenvalue weighted by atomic mass is 10.2. The molecule has 2 aromatic carbocycles. The van der Waals surface area contributed by atoms with Gasteiger partial charge in [-0.3, -0.25) is 4.18 Å². The van der Waals surface area contributed by atoms with Crippen LogP contribution < -0.4 is 0 Å². The summed E-state index contributed by atoms with van der Waals surface area (Å²) < 4.78 is 17.1. The van der Waals surface area contributed by atoms with Gasteiger partial charge >= 0.3 is 0 Å². The third kappa shape index (κ3) is 3.51. The number of aryl methyl sites for hydroxylation is 1. The van der Waals surface area contributed by atoms with E-state index >= 15 is 0 Å². The van der Waals surface area contributed by atoms with E-state index in [1.807, 2.05) is 61.5 Å². The molecule has 0 radical (unpaired) electrons. The highest BCUT2D eigenvalue weighted by Gasteiger charge is 2.04. The molecule has 88 valence electrons. The van der Waals surface area contributed by atoms with Crippen LogP contribution in [-0.4, -0.2) is 4.21 Å². The van der Waals surface area contributed by atoms with Crippen LogP contribution in [0.15, 0.2) is 59.5 Å². The lowest BCUT2D eigenvalue weighted by Gasteiger charge is -2.04. The lowest BCUT2D eigenvalue weighted by molar-refractivity contribution is 0.337. The van der Waals surface area contributed by atoms with Gasteiger partial charge < -0.3 is 0 Å². The molecule has 0 fully saturated rings. The minimum Gasteiger partial charge on any atom is -0.282 e. The first-order valence-electron chi connectivity index (χ1n) is 5.41. The molecule has 0 unspecified atom stereocenters. The van der Waals surface area contributed by atoms with Gasteiger partial charge in [0.15, 0.2) is 11.1 Å². The maximum atomic E-state index is 11.8. The second-order valence-corrected chi connectivity index (χ2v) is 4.97. The maximum absolute atomic E-state index is 11.8. The van der Waals surface area contributed by atoms with Crippen molar-refractivity contribution in [3.8, 4) is 0 Å². The van der Waals surface area contributed by atoms with E-state index in [1.54, 1.807) is 0 Å². The quantitative estimate of drug-likeness (QED) is 0.828. The van der Waals surface area contributed by atoms with Gasteiger partial charge in [-0.15, -0.1) is 0 Å². The Bertz CT molecular complexity index is 491. The van der Waals surface area contributed by atoms with Crippen LogP contribution in [0.1, 0.15) is 11.1 Å². The fourth-order valence-corrected chi connectivity index (χ4v) is 2.15. The van der Waals surface area contributed by atoms with Crippen molar-refractivity contribution in [1.82, 2.24) is 0 Å². The molecule has 3 heteroatoms. The molecule has 0 aliphatic carbocycles. The zero-order valence-electron chi connectivity index (χ0n) is 9.63. The van der Waals surface area contributed by atoms with Crippen molar-refractivity contribution < 1.29 is 8.39 Å². The Morgan fingerprint density at radius 3 is 2.29 bits per heavy atom. The molecular weight excluding hydrogens is 232 g/mol. The van der Waals surface area contributed by atoms with Gasteiger partial charge in [-0.1, -0.05) is 48.0 Å². The summed E-state index contributed by atoms with van der Waals surface area (Å²) in [6, 6.07) is 17.2. The van der Waals surface area contributed by atoms with Crippen molar-refractivity contribution in [3.63, 3.8) is 0 Å². The second-order valence-electron chi connectivity index (χ2n) is 3.80. The largest absolute Gasteiger partial charge is 0.282 e. The fourth-order valence-electron chi connectivity index (χ4n) is 1.41. The second kappa shape index (κ2) is 5.75. The standard InChI is InChI=1S/C14H14O2S/c1-12-7-9-14(10-8-12)17(15)16-11-13-5-3-2-4-6-13/h2-10H,11H2,1H3/t17-/m1/s1. The van der Waals surface area contributed by atoms with Crippen LogP contribution in [0.5, 0.6) is 0 Å². The number of hydrogen-bond acceptors (Lipinski definition) is 2. The minimum atomic E-state index is -1.39. The molecule has 0 heterocycles. The first-order chi connectivity index (χ1) is 8.25. The molecule has 0 bridgehead atoms. The monoisotopic (exact) mass is 246 g/mol. The Balaban J connectivity index is 1.96. The van der Waals surface area contributed by atoms with Crippen molar-refractivity contribution in [2.75, 3.05) is 0 Å². The summed E-state index contributed by atoms with van der Waals surface area (Å²) in [6.07, 6.45) is 0. The zero-order valence-corrected chi connectivity index (χ0v) is 10.4. The van der Waals surface area contributed by atoms with E-state index in [4.69, 9.17) is 4.18 Å². The lowest BCUT2D eigenvalue weighted by Crippen LogP contribution is -1.98. The van der Waals surface area contributed by atoms with Crippen molar-refractivity contribution in [2.45, 2.75) is 18.4 Å². The molecule has 0 aliphatic heterocycles. The highest BCUT2D eigenvalue weighted by Crippen LogP contribution is 2.11. The Morgan fingerprint density at radius 1 is 1.00 bits per heavy atom. The summed E-state index contributed by atoms with van der Waals surface area (Å²) in [7, 11) is 0. The van der Waals surface area contributed by atoms with Crippen LogP contribution in [0.4, 0.5) is 0 Å². The van der Waals surface area contributed by atoms with Gasteiger partial charge in [0.05, 0.1) is 11.5 Å². The molecule has 0 amide bonds. The predicted molar refractivity (Wildman–Crippen MR) is 68.8 cm³/mol. The number of rotatable bonds is 4. The van der Waals surface area contributed by atoms with E-state index in [0.717, 1.165) is 11.1 Å². The van der Waals surface area contributed by atoms with Crippen LogP contribution >= 0.6 is 0 Å². The van der Waals surface area contributed by atoms with Crippen LogP contribution in [-0.2, 0) is 21.9 Å². The highest BCUT2D eigenvalue weighted by atomic mass is 32.2. The molecule has 0 saturated heterocycles. The average Bonchev–Trinajstić information content (AvgIpc) is 2.38. The molecule has 2 aromatic rings. The Kier molecular flexibility index (Phi) is 4.07. The van der Waals surface area contributed by atoms with Gasteiger partial charge in [0, 0.05) is 0 Å². The first-order valence-corrected chi connectivity index (χ1v) is 6.49. The zero-order chi connectivity index (χ0) is 12.1. The van der Waals surface area contributed by atoms with Crippen LogP contribution in [0, 0.1) is 6.92 Å². The van der Waals surface area contributed by atoms with Gasteiger partial charge in [-0.25, -0.2) is 4.21 Å². The van der Waals surface area contributed by atoms with Gasteiger partial charge in [0.25, 0.3) is 0 Å². The van der Waals surface area contributed by atoms with Crippen molar-refractivity contribution >= 4 is 11.1 Å². The summed E-state index contributed by atoms with van der Waals surface area (Å²) in [5.74, 6) is 0. The maximum Gasteiger partial charge on any atom is 0.189 e. The molecule has 0 saturated carbocycles. The van der Waals surface area contributed by atoms with Gasteiger partial charge in [0.1, 0.15) is 0 Å². The Labute approximate surface area is 104 Å². The summed E-state index contributed by atoms with van der Waals surface area (Å²) in [4.78, 5) is 0.700. The summed E-state index contributed by atoms with van der Waals surface area (Å²) in [5.41, 5.74) is 2.17. The number of hydrogen-bond donors (Lipinski definition) is 0.